The third kappa shape index (κ3) is 2.85. The SMILES string of the molecule is Cc1cc(C)cc(C2=Nc3ccc(C4CCC(F)(F)CC4)c4cccc2c34)c1. The summed E-state index contributed by atoms with van der Waals surface area (Å²) in [7, 11) is 0. The normalized spacial score (nSPS) is 18.5. The predicted octanol–water partition coefficient (Wildman–Crippen LogP) is 7.23. The third-order valence-corrected chi connectivity index (χ3v) is 6.19. The van der Waals surface area contributed by atoms with E-state index >= 15 is 0 Å². The van der Waals surface area contributed by atoms with Gasteiger partial charge in [-0.05, 0) is 61.8 Å². The lowest BCUT2D eigenvalue weighted by Crippen LogP contribution is -2.23. The minimum Gasteiger partial charge on any atom is -0.247 e. The Morgan fingerprint density at radius 2 is 1.64 bits per heavy atom. The molecular weight excluding hydrogens is 352 g/mol. The highest BCUT2D eigenvalue weighted by Gasteiger charge is 2.36. The summed E-state index contributed by atoms with van der Waals surface area (Å²) in [5, 5.41) is 2.35. The zero-order chi connectivity index (χ0) is 19.5. The number of halogens is 2. The van der Waals surface area contributed by atoms with Crippen LogP contribution in [0.2, 0.25) is 0 Å². The second kappa shape index (κ2) is 6.23. The number of benzene rings is 3. The predicted molar refractivity (Wildman–Crippen MR) is 111 cm³/mol. The first-order chi connectivity index (χ1) is 13.4. The van der Waals surface area contributed by atoms with Crippen LogP contribution in [0, 0.1) is 13.8 Å². The lowest BCUT2D eigenvalue weighted by atomic mass is 9.80. The van der Waals surface area contributed by atoms with Crippen molar-refractivity contribution in [2.75, 3.05) is 0 Å². The van der Waals surface area contributed by atoms with Crippen molar-refractivity contribution in [3.8, 4) is 0 Å². The molecule has 1 aliphatic carbocycles. The molecule has 3 heteroatoms. The molecule has 3 aromatic carbocycles. The Morgan fingerprint density at radius 3 is 2.36 bits per heavy atom. The second-order valence-electron chi connectivity index (χ2n) is 8.37. The van der Waals surface area contributed by atoms with Crippen LogP contribution >= 0.6 is 0 Å². The van der Waals surface area contributed by atoms with Gasteiger partial charge >= 0.3 is 0 Å². The van der Waals surface area contributed by atoms with Crippen LogP contribution in [0.5, 0.6) is 0 Å². The molecule has 2 aliphatic rings. The first-order valence-electron chi connectivity index (χ1n) is 10.0. The molecule has 3 aromatic rings. The Bertz CT molecular complexity index is 1100. The second-order valence-corrected chi connectivity index (χ2v) is 8.37. The highest BCUT2D eigenvalue weighted by molar-refractivity contribution is 6.26. The number of alkyl halides is 2. The molecule has 142 valence electrons. The molecule has 1 saturated carbocycles. The number of aryl methyl sites for hydroxylation is 2. The van der Waals surface area contributed by atoms with Crippen LogP contribution in [0.1, 0.15) is 59.4 Å². The average molecular weight is 375 g/mol. The van der Waals surface area contributed by atoms with Crippen molar-refractivity contribution in [1.29, 1.82) is 0 Å². The Kier molecular flexibility index (Phi) is 3.90. The highest BCUT2D eigenvalue weighted by atomic mass is 19.3. The molecule has 5 rings (SSSR count). The van der Waals surface area contributed by atoms with Gasteiger partial charge in [-0.2, -0.15) is 0 Å². The lowest BCUT2D eigenvalue weighted by molar-refractivity contribution is -0.0381. The molecule has 0 aromatic heterocycles. The van der Waals surface area contributed by atoms with Crippen molar-refractivity contribution in [1.82, 2.24) is 0 Å². The van der Waals surface area contributed by atoms with Crippen molar-refractivity contribution in [2.24, 2.45) is 4.99 Å². The molecule has 0 atom stereocenters. The first-order valence-corrected chi connectivity index (χ1v) is 10.0. The Hall–Kier alpha value is -2.55. The van der Waals surface area contributed by atoms with Crippen LogP contribution in [0.4, 0.5) is 14.5 Å². The maximum absolute atomic E-state index is 13.6. The molecular formula is C25H23F2N. The molecule has 1 nitrogen and oxygen atoms in total. The number of rotatable bonds is 2. The minimum atomic E-state index is -2.50. The van der Waals surface area contributed by atoms with Gasteiger partial charge in [-0.15, -0.1) is 0 Å². The fourth-order valence-corrected chi connectivity index (χ4v) is 4.92. The lowest BCUT2D eigenvalue weighted by Gasteiger charge is -2.29. The van der Waals surface area contributed by atoms with E-state index in [-0.39, 0.29) is 18.8 Å². The standard InChI is InChI=1S/C25H23F2N/c1-15-12-16(2)14-18(13-15)24-21-5-3-4-20-19(6-7-22(28-24)23(20)21)17-8-10-25(26,27)11-9-17/h3-7,12-14,17H,8-11H2,1-2H3. The quantitative estimate of drug-likeness (QED) is 0.350. The van der Waals surface area contributed by atoms with Gasteiger partial charge in [0, 0.05) is 29.4 Å². The molecule has 0 N–H and O–H groups in total. The van der Waals surface area contributed by atoms with E-state index in [0.717, 1.165) is 22.5 Å². The van der Waals surface area contributed by atoms with E-state index in [0.29, 0.717) is 12.8 Å². The summed E-state index contributed by atoms with van der Waals surface area (Å²) in [5.41, 5.74) is 7.95. The van der Waals surface area contributed by atoms with Gasteiger partial charge < -0.3 is 0 Å². The van der Waals surface area contributed by atoms with Crippen LogP contribution in [-0.2, 0) is 0 Å². The van der Waals surface area contributed by atoms with Gasteiger partial charge in [-0.3, -0.25) is 0 Å². The van der Waals surface area contributed by atoms with E-state index in [9.17, 15) is 8.78 Å². The molecule has 1 aliphatic heterocycles. The number of aliphatic imine (C=N–C) groups is 1. The van der Waals surface area contributed by atoms with Gasteiger partial charge in [0.25, 0.3) is 0 Å². The van der Waals surface area contributed by atoms with Gasteiger partial charge in [-0.25, -0.2) is 13.8 Å². The molecule has 0 unspecified atom stereocenters. The van der Waals surface area contributed by atoms with Crippen molar-refractivity contribution in [2.45, 2.75) is 51.4 Å². The fraction of sp³-hybridized carbons (Fsp3) is 0.320. The maximum atomic E-state index is 13.6. The van der Waals surface area contributed by atoms with Crippen molar-refractivity contribution in [3.63, 3.8) is 0 Å². The fourth-order valence-electron chi connectivity index (χ4n) is 4.92. The van der Waals surface area contributed by atoms with Crippen LogP contribution in [-0.4, -0.2) is 11.6 Å². The number of hydrogen-bond donors (Lipinski definition) is 0. The summed E-state index contributed by atoms with van der Waals surface area (Å²) < 4.78 is 27.3. The summed E-state index contributed by atoms with van der Waals surface area (Å²) in [5.74, 6) is -2.29. The summed E-state index contributed by atoms with van der Waals surface area (Å²) in [6.45, 7) is 4.22. The third-order valence-electron chi connectivity index (χ3n) is 6.19. The van der Waals surface area contributed by atoms with Crippen LogP contribution in [0.15, 0.2) is 53.5 Å². The minimum absolute atomic E-state index is 0.00901. The van der Waals surface area contributed by atoms with Crippen LogP contribution in [0.3, 0.4) is 0 Å². The monoisotopic (exact) mass is 375 g/mol. The van der Waals surface area contributed by atoms with E-state index in [4.69, 9.17) is 4.99 Å². The number of hydrogen-bond acceptors (Lipinski definition) is 1. The zero-order valence-electron chi connectivity index (χ0n) is 16.2. The summed E-state index contributed by atoms with van der Waals surface area (Å²) >= 11 is 0. The Labute approximate surface area is 164 Å². The largest absolute Gasteiger partial charge is 0.248 e. The Balaban J connectivity index is 1.61. The average Bonchev–Trinajstić information content (AvgIpc) is 3.02. The molecule has 0 bridgehead atoms. The van der Waals surface area contributed by atoms with Gasteiger partial charge in [0.15, 0.2) is 0 Å². The van der Waals surface area contributed by atoms with E-state index in [1.807, 2.05) is 0 Å². The topological polar surface area (TPSA) is 12.4 Å². The molecule has 28 heavy (non-hydrogen) atoms. The van der Waals surface area contributed by atoms with Crippen molar-refractivity contribution >= 4 is 22.2 Å². The molecule has 0 spiro atoms. The molecule has 1 heterocycles. The maximum Gasteiger partial charge on any atom is 0.248 e. The van der Waals surface area contributed by atoms with Crippen LogP contribution < -0.4 is 0 Å². The molecule has 0 saturated heterocycles. The van der Waals surface area contributed by atoms with Gasteiger partial charge in [0.1, 0.15) is 0 Å². The zero-order valence-corrected chi connectivity index (χ0v) is 16.2. The Morgan fingerprint density at radius 1 is 0.929 bits per heavy atom. The smallest absolute Gasteiger partial charge is 0.247 e. The van der Waals surface area contributed by atoms with Crippen LogP contribution in [0.25, 0.3) is 10.8 Å². The van der Waals surface area contributed by atoms with E-state index in [1.165, 1.54) is 27.5 Å². The molecule has 0 radical (unpaired) electrons. The highest BCUT2D eigenvalue weighted by Crippen LogP contribution is 2.46. The van der Waals surface area contributed by atoms with Gasteiger partial charge in [0.2, 0.25) is 5.92 Å². The van der Waals surface area contributed by atoms with E-state index in [2.05, 4.69) is 62.4 Å². The molecule has 0 amide bonds. The van der Waals surface area contributed by atoms with Crippen molar-refractivity contribution < 1.29 is 8.78 Å². The van der Waals surface area contributed by atoms with E-state index < -0.39 is 5.92 Å². The molecule has 1 fully saturated rings. The van der Waals surface area contributed by atoms with Gasteiger partial charge in [-0.1, -0.05) is 41.5 Å². The summed E-state index contributed by atoms with van der Waals surface area (Å²) in [6, 6.07) is 17.1. The first kappa shape index (κ1) is 17.5. The van der Waals surface area contributed by atoms with Gasteiger partial charge in [0.05, 0.1) is 11.4 Å². The summed E-state index contributed by atoms with van der Waals surface area (Å²) in [6.07, 6.45) is 1.09. The summed E-state index contributed by atoms with van der Waals surface area (Å²) in [4.78, 5) is 4.95. The number of nitrogens with zero attached hydrogens (tertiary/aromatic N) is 1. The van der Waals surface area contributed by atoms with E-state index in [1.54, 1.807) is 0 Å². The van der Waals surface area contributed by atoms with Crippen molar-refractivity contribution in [3.05, 3.63) is 76.3 Å².